The van der Waals surface area contributed by atoms with Gasteiger partial charge in [-0.3, -0.25) is 0 Å². The van der Waals surface area contributed by atoms with E-state index in [9.17, 15) is 0 Å². The first kappa shape index (κ1) is 17.5. The highest BCUT2D eigenvalue weighted by molar-refractivity contribution is 5.42. The predicted molar refractivity (Wildman–Crippen MR) is 105 cm³/mol. The van der Waals surface area contributed by atoms with Gasteiger partial charge in [0.25, 0.3) is 0 Å². The second-order valence-electron chi connectivity index (χ2n) is 8.51. The third-order valence-electron chi connectivity index (χ3n) is 6.36. The van der Waals surface area contributed by atoms with Crippen LogP contribution < -0.4 is 10.7 Å². The third-order valence-corrected chi connectivity index (χ3v) is 6.36. The molecule has 0 amide bonds. The molecular formula is C20H32N6. The number of nitrogens with zero attached hydrogens (tertiary/aromatic N) is 5. The van der Waals surface area contributed by atoms with E-state index in [2.05, 4.69) is 70.3 Å². The summed E-state index contributed by atoms with van der Waals surface area (Å²) in [6, 6.07) is 2.16. The minimum Gasteiger partial charge on any atom is -0.366 e. The van der Waals surface area contributed by atoms with E-state index in [1.807, 2.05) is 6.20 Å². The van der Waals surface area contributed by atoms with Crippen LogP contribution in [0.25, 0.3) is 5.82 Å². The van der Waals surface area contributed by atoms with Crippen molar-refractivity contribution in [3.05, 3.63) is 35.2 Å². The molecule has 2 unspecified atom stereocenters. The summed E-state index contributed by atoms with van der Waals surface area (Å²) in [6.07, 6.45) is 4.49. The highest BCUT2D eigenvalue weighted by atomic mass is 15.4. The van der Waals surface area contributed by atoms with Crippen LogP contribution in [0.1, 0.15) is 19.8 Å². The molecule has 0 bridgehead atoms. The van der Waals surface area contributed by atoms with E-state index in [4.69, 9.17) is 0 Å². The van der Waals surface area contributed by atoms with Gasteiger partial charge in [-0.05, 0) is 38.9 Å². The molecule has 0 saturated carbocycles. The Morgan fingerprint density at radius 2 is 2.27 bits per heavy atom. The average Bonchev–Trinajstić information content (AvgIpc) is 3.07. The molecule has 0 aliphatic carbocycles. The van der Waals surface area contributed by atoms with Crippen molar-refractivity contribution in [3.8, 4) is 0 Å². The molecule has 2 fully saturated rings. The van der Waals surface area contributed by atoms with Gasteiger partial charge in [0, 0.05) is 45.1 Å². The summed E-state index contributed by atoms with van der Waals surface area (Å²) >= 11 is 0. The van der Waals surface area contributed by atoms with Gasteiger partial charge in [-0.1, -0.05) is 13.5 Å². The zero-order valence-electron chi connectivity index (χ0n) is 16.6. The first-order valence-electron chi connectivity index (χ1n) is 9.71. The molecule has 6 nitrogen and oxygen atoms in total. The Bertz CT molecular complexity index is 809. The van der Waals surface area contributed by atoms with Crippen LogP contribution in [0.5, 0.6) is 0 Å². The Hall–Kier alpha value is -1.95. The van der Waals surface area contributed by atoms with Crippen molar-refractivity contribution >= 4 is 5.82 Å². The molecule has 142 valence electrons. The molecule has 1 aromatic heterocycles. The normalized spacial score (nSPS) is 28.3. The van der Waals surface area contributed by atoms with Crippen molar-refractivity contribution in [1.29, 1.82) is 0 Å². The molecule has 2 atom stereocenters. The number of aromatic nitrogens is 1. The van der Waals surface area contributed by atoms with Crippen LogP contribution in [0.3, 0.4) is 0 Å². The lowest BCUT2D eigenvalue weighted by Crippen LogP contribution is -2.72. The van der Waals surface area contributed by atoms with Gasteiger partial charge >= 0.3 is 0 Å². The van der Waals surface area contributed by atoms with Crippen LogP contribution in [-0.4, -0.2) is 84.1 Å². The maximum absolute atomic E-state index is 4.63. The molecule has 3 aliphatic heterocycles. The number of nitrogens with one attached hydrogen (secondary N) is 1. The van der Waals surface area contributed by atoms with Crippen LogP contribution in [-0.2, 0) is 0 Å². The fourth-order valence-electron chi connectivity index (χ4n) is 5.07. The molecule has 0 aromatic carbocycles. The smallest absolute Gasteiger partial charge is 0.137 e. The lowest BCUT2D eigenvalue weighted by molar-refractivity contribution is -0.0861. The molecule has 1 aromatic rings. The Morgan fingerprint density at radius 1 is 1.46 bits per heavy atom. The fourth-order valence-corrected chi connectivity index (χ4v) is 5.07. The fraction of sp³-hybridized carbons (Fsp3) is 0.650. The first-order valence-corrected chi connectivity index (χ1v) is 9.71. The summed E-state index contributed by atoms with van der Waals surface area (Å²) in [4.78, 5) is 17.6. The van der Waals surface area contributed by atoms with E-state index in [0.29, 0.717) is 5.92 Å². The number of likely N-dealkylation sites (tertiary alicyclic amines) is 2. The summed E-state index contributed by atoms with van der Waals surface area (Å²) in [5.41, 5.74) is 2.51. The van der Waals surface area contributed by atoms with E-state index in [1.54, 1.807) is 0 Å². The SMILES string of the molecule is C=C(CN(C)C)N1CC(C)C12CCCN(C1=c3cc[nH]c3=NCN1C)C2. The zero-order valence-corrected chi connectivity index (χ0v) is 16.6. The maximum Gasteiger partial charge on any atom is 0.137 e. The molecule has 26 heavy (non-hydrogen) atoms. The summed E-state index contributed by atoms with van der Waals surface area (Å²) in [5.74, 6) is 2.03. The number of fused-ring (bicyclic) bond motifs is 1. The summed E-state index contributed by atoms with van der Waals surface area (Å²) in [6.45, 7) is 11.8. The Labute approximate surface area is 156 Å². The monoisotopic (exact) mass is 356 g/mol. The van der Waals surface area contributed by atoms with E-state index < -0.39 is 0 Å². The van der Waals surface area contributed by atoms with Gasteiger partial charge in [0.05, 0.1) is 10.8 Å². The van der Waals surface area contributed by atoms with Crippen LogP contribution >= 0.6 is 0 Å². The number of H-pyrrole nitrogens is 1. The Balaban J connectivity index is 1.65. The summed E-state index contributed by atoms with van der Waals surface area (Å²) in [5, 5.41) is 1.24. The van der Waals surface area contributed by atoms with Gasteiger partial charge in [-0.2, -0.15) is 0 Å². The molecule has 1 N–H and O–H groups in total. The zero-order chi connectivity index (χ0) is 18.5. The van der Waals surface area contributed by atoms with Gasteiger partial charge in [-0.25, -0.2) is 4.99 Å². The van der Waals surface area contributed by atoms with Gasteiger partial charge in [0.15, 0.2) is 0 Å². The molecular weight excluding hydrogens is 324 g/mol. The maximum atomic E-state index is 4.63. The van der Waals surface area contributed by atoms with Gasteiger partial charge in [0.2, 0.25) is 0 Å². The summed E-state index contributed by atoms with van der Waals surface area (Å²) in [7, 11) is 6.40. The Kier molecular flexibility index (Phi) is 4.26. The number of hydrogen-bond donors (Lipinski definition) is 1. The molecule has 0 radical (unpaired) electrons. The van der Waals surface area contributed by atoms with Crippen LogP contribution in [0.4, 0.5) is 0 Å². The minimum absolute atomic E-state index is 0.226. The average molecular weight is 357 g/mol. The van der Waals surface area contributed by atoms with Crippen molar-refractivity contribution in [2.45, 2.75) is 25.3 Å². The third kappa shape index (κ3) is 2.62. The number of piperidine rings is 1. The van der Waals surface area contributed by atoms with Gasteiger partial charge in [0.1, 0.15) is 18.0 Å². The second kappa shape index (κ2) is 6.34. The van der Waals surface area contributed by atoms with Gasteiger partial charge in [-0.15, -0.1) is 0 Å². The molecule has 6 heteroatoms. The lowest BCUT2D eigenvalue weighted by atomic mass is 9.69. The first-order chi connectivity index (χ1) is 12.4. The second-order valence-corrected chi connectivity index (χ2v) is 8.51. The topological polar surface area (TPSA) is 41.1 Å². The van der Waals surface area contributed by atoms with E-state index in [0.717, 1.165) is 38.3 Å². The van der Waals surface area contributed by atoms with E-state index >= 15 is 0 Å². The summed E-state index contributed by atoms with van der Waals surface area (Å²) < 4.78 is 0. The van der Waals surface area contributed by atoms with Crippen molar-refractivity contribution in [3.63, 3.8) is 0 Å². The minimum atomic E-state index is 0.226. The highest BCUT2D eigenvalue weighted by Crippen LogP contribution is 2.46. The Morgan fingerprint density at radius 3 is 3.00 bits per heavy atom. The highest BCUT2D eigenvalue weighted by Gasteiger charge is 2.53. The van der Waals surface area contributed by atoms with Crippen molar-refractivity contribution < 1.29 is 0 Å². The number of hydrogen-bond acceptors (Lipinski definition) is 5. The molecule has 1 spiro atoms. The van der Waals surface area contributed by atoms with Crippen molar-refractivity contribution in [1.82, 2.24) is 24.6 Å². The molecule has 4 rings (SSSR count). The predicted octanol–water partition coefficient (Wildman–Crippen LogP) is 0.465. The molecule has 3 aliphatic rings. The van der Waals surface area contributed by atoms with Gasteiger partial charge < -0.3 is 24.6 Å². The van der Waals surface area contributed by atoms with E-state index in [-0.39, 0.29) is 5.54 Å². The van der Waals surface area contributed by atoms with Crippen molar-refractivity contribution in [2.24, 2.45) is 10.9 Å². The number of aromatic amines is 1. The van der Waals surface area contributed by atoms with Crippen LogP contribution in [0.2, 0.25) is 0 Å². The largest absolute Gasteiger partial charge is 0.366 e. The number of rotatable bonds is 4. The van der Waals surface area contributed by atoms with Crippen LogP contribution in [0, 0.1) is 5.92 Å². The van der Waals surface area contributed by atoms with Crippen LogP contribution in [0.15, 0.2) is 29.5 Å². The molecule has 2 saturated heterocycles. The molecule has 4 heterocycles. The standard InChI is InChI=1S/C20H32N6/c1-15-11-26(16(2)12-23(3)4)20(15)8-6-10-25(13-20)19-17-7-9-21-18(17)22-14-24(19)5/h7,9,15H,2,6,8,10-14H2,1,3-5H3,(H,21,22). The quantitative estimate of drug-likeness (QED) is 0.851. The lowest BCUT2D eigenvalue weighted by Gasteiger charge is -2.63. The van der Waals surface area contributed by atoms with E-state index in [1.165, 1.54) is 29.6 Å². The number of likely N-dealkylation sites (N-methyl/N-ethyl adjacent to an activating group) is 1. The van der Waals surface area contributed by atoms with Crippen molar-refractivity contribution in [2.75, 3.05) is 54.0 Å².